The van der Waals surface area contributed by atoms with E-state index in [1.807, 2.05) is 25.1 Å². The molecule has 0 aliphatic carbocycles. The molecule has 1 unspecified atom stereocenters. The Morgan fingerprint density at radius 2 is 1.72 bits per heavy atom. The maximum atomic E-state index is 14.8. The largest absolute Gasteiger partial charge is 0.492 e. The molecule has 0 saturated carbocycles. The Morgan fingerprint density at radius 3 is 2.44 bits per heavy atom. The Bertz CT molecular complexity index is 3010. The number of nitrogens with one attached hydrogen (secondary N) is 3. The van der Waals surface area contributed by atoms with Crippen molar-refractivity contribution < 1.29 is 27.7 Å². The van der Waals surface area contributed by atoms with Gasteiger partial charge in [0.25, 0.3) is 0 Å². The lowest BCUT2D eigenvalue weighted by Gasteiger charge is -2.43. The minimum absolute atomic E-state index is 0.184. The van der Waals surface area contributed by atoms with Gasteiger partial charge in [-0.05, 0) is 123 Å². The first kappa shape index (κ1) is 47.4. The lowest BCUT2D eigenvalue weighted by Crippen LogP contribution is -2.53. The molecule has 0 radical (unpaired) electrons. The van der Waals surface area contributed by atoms with Crippen LogP contribution in [0.5, 0.6) is 5.75 Å². The number of carbonyl (C=O) groups is 2. The van der Waals surface area contributed by atoms with Gasteiger partial charge in [0.05, 0.1) is 39.2 Å². The van der Waals surface area contributed by atoms with Crippen LogP contribution < -0.4 is 36.6 Å². The van der Waals surface area contributed by atoms with Gasteiger partial charge in [-0.2, -0.15) is 4.98 Å². The molecular formula is C49H57BrFN10O6P. The molecule has 3 aliphatic heterocycles. The van der Waals surface area contributed by atoms with Gasteiger partial charge in [0.15, 0.2) is 5.58 Å². The van der Waals surface area contributed by atoms with Crippen molar-refractivity contribution in [3.63, 3.8) is 0 Å². The third kappa shape index (κ3) is 9.91. The predicted octanol–water partition coefficient (Wildman–Crippen LogP) is 7.65. The van der Waals surface area contributed by atoms with Gasteiger partial charge in [0.2, 0.25) is 17.8 Å². The van der Waals surface area contributed by atoms with E-state index in [4.69, 9.17) is 14.1 Å². The maximum absolute atomic E-state index is 14.8. The molecule has 2 amide bonds. The first-order chi connectivity index (χ1) is 32.7. The Labute approximate surface area is 402 Å². The van der Waals surface area contributed by atoms with Gasteiger partial charge in [-0.3, -0.25) is 29.4 Å². The SMILES string of the molecule is CCOc1cc(N2CCC(N3CCN(CCc4ccc5c(c4)oc(=O)n5C4CCC(=O)NC4=O)CC3)CC2)c(CC)cc1Nc1ncc(Br)c(Nc2ccc3nc(C)c(F)cc3c2P(C)(C)=O)n1. The Morgan fingerprint density at radius 1 is 0.941 bits per heavy atom. The van der Waals surface area contributed by atoms with Crippen molar-refractivity contribution in [2.75, 3.05) is 81.3 Å². The van der Waals surface area contributed by atoms with Crippen LogP contribution in [0.15, 0.2) is 68.4 Å². The number of amides is 2. The number of piperazine rings is 1. The summed E-state index contributed by atoms with van der Waals surface area (Å²) in [5, 5.41) is 10.1. The van der Waals surface area contributed by atoms with E-state index in [0.717, 1.165) is 82.7 Å². The summed E-state index contributed by atoms with van der Waals surface area (Å²) in [4.78, 5) is 58.3. The molecule has 68 heavy (non-hydrogen) atoms. The molecule has 3 fully saturated rings. The average Bonchev–Trinajstić information content (AvgIpc) is 3.64. The van der Waals surface area contributed by atoms with E-state index < -0.39 is 30.7 Å². The van der Waals surface area contributed by atoms with Gasteiger partial charge in [-0.15, -0.1) is 0 Å². The molecule has 358 valence electrons. The van der Waals surface area contributed by atoms with E-state index in [1.165, 1.54) is 21.9 Å². The number of fused-ring (bicyclic) bond motifs is 2. The van der Waals surface area contributed by atoms with Gasteiger partial charge in [-0.1, -0.05) is 13.0 Å². The van der Waals surface area contributed by atoms with Crippen LogP contribution in [0, 0.1) is 12.7 Å². The van der Waals surface area contributed by atoms with E-state index in [9.17, 15) is 23.3 Å². The van der Waals surface area contributed by atoms with Crippen LogP contribution in [0.4, 0.5) is 33.2 Å². The summed E-state index contributed by atoms with van der Waals surface area (Å²) in [7, 11) is -2.92. The summed E-state index contributed by atoms with van der Waals surface area (Å²) in [6.07, 6.45) is 5.86. The fourth-order valence-corrected chi connectivity index (χ4v) is 11.6. The zero-order chi connectivity index (χ0) is 47.9. The number of benzene rings is 3. The van der Waals surface area contributed by atoms with Gasteiger partial charge in [0.1, 0.15) is 30.6 Å². The van der Waals surface area contributed by atoms with Crippen molar-refractivity contribution in [3.8, 4) is 5.75 Å². The van der Waals surface area contributed by atoms with Crippen molar-refractivity contribution in [3.05, 3.63) is 92.4 Å². The highest BCUT2D eigenvalue weighted by atomic mass is 79.9. The van der Waals surface area contributed by atoms with Gasteiger partial charge >= 0.3 is 5.76 Å². The maximum Gasteiger partial charge on any atom is 0.420 e. The van der Waals surface area contributed by atoms with Crippen LogP contribution in [0.1, 0.15) is 62.4 Å². The minimum Gasteiger partial charge on any atom is -0.492 e. The second-order valence-corrected chi connectivity index (χ2v) is 22.2. The van der Waals surface area contributed by atoms with Crippen molar-refractivity contribution in [2.24, 2.45) is 0 Å². The zero-order valence-corrected chi connectivity index (χ0v) is 41.5. The molecule has 19 heteroatoms. The normalized spacial score (nSPS) is 17.8. The van der Waals surface area contributed by atoms with Crippen LogP contribution >= 0.6 is 23.1 Å². The summed E-state index contributed by atoms with van der Waals surface area (Å²) in [6.45, 7) is 16.3. The molecule has 3 aliphatic rings. The number of pyridine rings is 1. The fourth-order valence-electron chi connectivity index (χ4n) is 9.88. The van der Waals surface area contributed by atoms with Crippen molar-refractivity contribution >= 4 is 91.0 Å². The smallest absolute Gasteiger partial charge is 0.420 e. The van der Waals surface area contributed by atoms with Crippen LogP contribution in [0.2, 0.25) is 0 Å². The summed E-state index contributed by atoms with van der Waals surface area (Å²) in [5.74, 6) is -0.362. The third-order valence-corrected chi connectivity index (χ3v) is 15.5. The van der Waals surface area contributed by atoms with Crippen molar-refractivity contribution in [1.82, 2.24) is 34.6 Å². The number of nitrogens with zero attached hydrogens (tertiary/aromatic N) is 7. The molecule has 6 heterocycles. The molecule has 3 saturated heterocycles. The number of imide groups is 1. The molecule has 1 atom stereocenters. The van der Waals surface area contributed by atoms with Gasteiger partial charge < -0.3 is 34.2 Å². The van der Waals surface area contributed by atoms with Crippen LogP contribution in [-0.2, 0) is 27.0 Å². The topological polar surface area (TPSA) is 180 Å². The summed E-state index contributed by atoms with van der Waals surface area (Å²) in [6, 6.07) is 14.7. The second-order valence-electron chi connectivity index (χ2n) is 18.2. The minimum atomic E-state index is -2.92. The summed E-state index contributed by atoms with van der Waals surface area (Å²) >= 11 is 3.58. The quantitative estimate of drug-likeness (QED) is 0.0716. The first-order valence-electron chi connectivity index (χ1n) is 23.4. The lowest BCUT2D eigenvalue weighted by atomic mass is 9.99. The highest BCUT2D eigenvalue weighted by Crippen LogP contribution is 2.43. The predicted molar refractivity (Wildman–Crippen MR) is 268 cm³/mol. The highest BCUT2D eigenvalue weighted by molar-refractivity contribution is 9.10. The van der Waals surface area contributed by atoms with E-state index in [1.54, 1.807) is 38.6 Å². The molecule has 6 aromatic rings. The van der Waals surface area contributed by atoms with Crippen molar-refractivity contribution in [2.45, 2.75) is 71.4 Å². The standard InChI is InChI=1S/C49H57BrFN10O6P/c1-6-31-25-38(55-48-52-28-34(50)46(57-48)54-37-10-9-36-33(45(37)68(4,5)65)26-35(51)29(3)53-36)42(66-7-2)27-41(31)60-18-15-32(16-19-60)59-22-20-58(21-23-59)17-14-30-8-11-39-43(24-30)67-49(64)61(39)40-12-13-44(62)56-47(40)63/h8-11,24-28,32,40H,6-7,12-23H2,1-5H3,(H,56,62,63)(H2,52,54,55,57). The number of hydrogen-bond donors (Lipinski definition) is 3. The van der Waals surface area contributed by atoms with E-state index >= 15 is 0 Å². The molecule has 3 aromatic carbocycles. The molecule has 3 aromatic heterocycles. The monoisotopic (exact) mass is 1010 g/mol. The first-order valence-corrected chi connectivity index (χ1v) is 26.8. The van der Waals surface area contributed by atoms with E-state index in [-0.39, 0.29) is 24.4 Å². The fraction of sp³-hybridized carbons (Fsp3) is 0.429. The van der Waals surface area contributed by atoms with Gasteiger partial charge in [-0.25, -0.2) is 14.2 Å². The van der Waals surface area contributed by atoms with Crippen LogP contribution in [0.3, 0.4) is 0 Å². The summed E-state index contributed by atoms with van der Waals surface area (Å²) < 4.78 is 42.2. The number of aromatic nitrogens is 4. The second kappa shape index (κ2) is 19.7. The third-order valence-electron chi connectivity index (χ3n) is 13.4. The number of carbonyl (C=O) groups excluding carboxylic acids is 2. The van der Waals surface area contributed by atoms with E-state index in [2.05, 4.69) is 75.6 Å². The van der Waals surface area contributed by atoms with Crippen molar-refractivity contribution in [1.29, 1.82) is 0 Å². The summed E-state index contributed by atoms with van der Waals surface area (Å²) in [5.41, 5.74) is 6.58. The number of piperidine rings is 2. The number of oxazole rings is 1. The Balaban J connectivity index is 0.817. The Kier molecular flexibility index (Phi) is 13.8. The molecule has 9 rings (SSSR count). The van der Waals surface area contributed by atoms with Crippen LogP contribution in [0.25, 0.3) is 22.0 Å². The molecule has 3 N–H and O–H groups in total. The van der Waals surface area contributed by atoms with Crippen LogP contribution in [-0.4, -0.2) is 113 Å². The molecule has 16 nitrogen and oxygen atoms in total. The number of rotatable bonds is 14. The number of anilines is 5. The number of halogens is 2. The molecular weight excluding hydrogens is 954 g/mol. The van der Waals surface area contributed by atoms with Gasteiger partial charge in [0, 0.05) is 86.9 Å². The molecule has 0 bridgehead atoms. The number of hydrogen-bond acceptors (Lipinski definition) is 14. The Hall–Kier alpha value is -5.68. The number of aryl methyl sites for hydroxylation is 2. The number of ether oxygens (including phenoxy) is 1. The van der Waals surface area contributed by atoms with E-state index in [0.29, 0.717) is 67.6 Å². The molecule has 0 spiro atoms. The lowest BCUT2D eigenvalue weighted by molar-refractivity contribution is -0.135. The highest BCUT2D eigenvalue weighted by Gasteiger charge is 2.32. The average molecular weight is 1010 g/mol. The zero-order valence-electron chi connectivity index (χ0n) is 39.0.